The Morgan fingerprint density at radius 1 is 1.26 bits per heavy atom. The number of hydrogen-bond donors (Lipinski definition) is 0. The lowest BCUT2D eigenvalue weighted by molar-refractivity contribution is 0.241. The van der Waals surface area contributed by atoms with Crippen molar-refractivity contribution in [3.63, 3.8) is 0 Å². The standard InChI is InChI=1S/C13H15N5S/c1-19-13-16-6-11-8-18(3-2-12(11)17-13)7-10-4-14-9-15-5-10/h4-6,9H,2-3,7-8H2,1H3. The third-order valence-corrected chi connectivity index (χ3v) is 3.76. The van der Waals surface area contributed by atoms with Crippen molar-refractivity contribution in [1.29, 1.82) is 0 Å². The zero-order chi connectivity index (χ0) is 13.1. The Labute approximate surface area is 116 Å². The minimum atomic E-state index is 0.864. The van der Waals surface area contributed by atoms with Crippen molar-refractivity contribution in [1.82, 2.24) is 24.8 Å². The average Bonchev–Trinajstić information content (AvgIpc) is 2.48. The molecule has 0 saturated heterocycles. The van der Waals surface area contributed by atoms with Gasteiger partial charge in [0.15, 0.2) is 5.16 Å². The average molecular weight is 273 g/mol. The van der Waals surface area contributed by atoms with Crippen LogP contribution in [0.15, 0.2) is 30.1 Å². The molecule has 0 bridgehead atoms. The first-order valence-corrected chi connectivity index (χ1v) is 7.42. The lowest BCUT2D eigenvalue weighted by Gasteiger charge is -2.27. The van der Waals surface area contributed by atoms with E-state index < -0.39 is 0 Å². The molecular weight excluding hydrogens is 258 g/mol. The van der Waals surface area contributed by atoms with E-state index in [4.69, 9.17) is 0 Å². The molecule has 6 heteroatoms. The monoisotopic (exact) mass is 273 g/mol. The van der Waals surface area contributed by atoms with E-state index >= 15 is 0 Å². The van der Waals surface area contributed by atoms with Crippen LogP contribution in [-0.2, 0) is 19.5 Å². The Morgan fingerprint density at radius 3 is 2.89 bits per heavy atom. The smallest absolute Gasteiger partial charge is 0.187 e. The fourth-order valence-electron chi connectivity index (χ4n) is 2.26. The summed E-state index contributed by atoms with van der Waals surface area (Å²) in [5.41, 5.74) is 3.58. The molecule has 3 rings (SSSR count). The van der Waals surface area contributed by atoms with Gasteiger partial charge in [-0.3, -0.25) is 4.90 Å². The van der Waals surface area contributed by atoms with E-state index in [-0.39, 0.29) is 0 Å². The Hall–Kier alpha value is -1.53. The number of rotatable bonds is 3. The largest absolute Gasteiger partial charge is 0.294 e. The molecule has 19 heavy (non-hydrogen) atoms. The van der Waals surface area contributed by atoms with Crippen LogP contribution in [0.3, 0.4) is 0 Å². The second kappa shape index (κ2) is 5.63. The van der Waals surface area contributed by atoms with Crippen molar-refractivity contribution < 1.29 is 0 Å². The molecule has 0 radical (unpaired) electrons. The maximum atomic E-state index is 4.57. The predicted molar refractivity (Wildman–Crippen MR) is 73.7 cm³/mol. The van der Waals surface area contributed by atoms with Crippen molar-refractivity contribution in [3.8, 4) is 0 Å². The second-order valence-corrected chi connectivity index (χ2v) is 5.31. The van der Waals surface area contributed by atoms with E-state index in [0.29, 0.717) is 0 Å². The van der Waals surface area contributed by atoms with Crippen LogP contribution in [0.5, 0.6) is 0 Å². The molecule has 0 amide bonds. The Kier molecular flexibility index (Phi) is 3.70. The van der Waals surface area contributed by atoms with Crippen LogP contribution < -0.4 is 0 Å². The van der Waals surface area contributed by atoms with Crippen molar-refractivity contribution >= 4 is 11.8 Å². The van der Waals surface area contributed by atoms with Crippen LogP contribution in [0.25, 0.3) is 0 Å². The number of thioether (sulfide) groups is 1. The Morgan fingerprint density at radius 2 is 2.11 bits per heavy atom. The quantitative estimate of drug-likeness (QED) is 0.624. The van der Waals surface area contributed by atoms with Gasteiger partial charge in [0.1, 0.15) is 6.33 Å². The Balaban J connectivity index is 1.72. The van der Waals surface area contributed by atoms with Gasteiger partial charge in [-0.05, 0) is 6.26 Å². The molecule has 2 aromatic heterocycles. The molecule has 0 N–H and O–H groups in total. The van der Waals surface area contributed by atoms with Gasteiger partial charge < -0.3 is 0 Å². The van der Waals surface area contributed by atoms with E-state index in [2.05, 4.69) is 24.8 Å². The number of hydrogen-bond acceptors (Lipinski definition) is 6. The first-order chi connectivity index (χ1) is 9.35. The van der Waals surface area contributed by atoms with Crippen LogP contribution in [0, 0.1) is 0 Å². The molecule has 0 aliphatic carbocycles. The molecule has 0 unspecified atom stereocenters. The number of aromatic nitrogens is 4. The fourth-order valence-corrected chi connectivity index (χ4v) is 2.62. The lowest BCUT2D eigenvalue weighted by atomic mass is 10.1. The zero-order valence-electron chi connectivity index (χ0n) is 10.8. The molecule has 0 atom stereocenters. The second-order valence-electron chi connectivity index (χ2n) is 4.54. The maximum absolute atomic E-state index is 4.57. The molecule has 1 aliphatic rings. The lowest BCUT2D eigenvalue weighted by Crippen LogP contribution is -2.31. The Bertz CT molecular complexity index is 560. The number of fused-ring (bicyclic) bond motifs is 1. The molecule has 0 saturated carbocycles. The summed E-state index contributed by atoms with van der Waals surface area (Å²) < 4.78 is 0. The van der Waals surface area contributed by atoms with Crippen LogP contribution >= 0.6 is 11.8 Å². The highest BCUT2D eigenvalue weighted by Crippen LogP contribution is 2.20. The van der Waals surface area contributed by atoms with Gasteiger partial charge in [-0.15, -0.1) is 0 Å². The zero-order valence-corrected chi connectivity index (χ0v) is 11.6. The van der Waals surface area contributed by atoms with Gasteiger partial charge in [-0.1, -0.05) is 11.8 Å². The predicted octanol–water partition coefficient (Wildman–Crippen LogP) is 1.55. The van der Waals surface area contributed by atoms with Gasteiger partial charge >= 0.3 is 0 Å². The highest BCUT2D eigenvalue weighted by Gasteiger charge is 2.18. The molecular formula is C13H15N5S. The molecule has 0 spiro atoms. The minimum absolute atomic E-state index is 0.864. The highest BCUT2D eigenvalue weighted by molar-refractivity contribution is 7.98. The van der Waals surface area contributed by atoms with Gasteiger partial charge in [0.25, 0.3) is 0 Å². The van der Waals surface area contributed by atoms with Crippen molar-refractivity contribution in [2.24, 2.45) is 0 Å². The van der Waals surface area contributed by atoms with E-state index in [1.165, 1.54) is 11.3 Å². The third kappa shape index (κ3) is 2.90. The summed E-state index contributed by atoms with van der Waals surface area (Å²) in [6.07, 6.45) is 10.3. The van der Waals surface area contributed by atoms with Crippen molar-refractivity contribution in [3.05, 3.63) is 41.7 Å². The van der Waals surface area contributed by atoms with Crippen LogP contribution in [0.4, 0.5) is 0 Å². The van der Waals surface area contributed by atoms with Crippen molar-refractivity contribution in [2.75, 3.05) is 12.8 Å². The molecule has 3 heterocycles. The first-order valence-electron chi connectivity index (χ1n) is 6.20. The highest BCUT2D eigenvalue weighted by atomic mass is 32.2. The van der Waals surface area contributed by atoms with E-state index in [1.807, 2.05) is 24.8 Å². The van der Waals surface area contributed by atoms with Gasteiger partial charge in [0.2, 0.25) is 0 Å². The summed E-state index contributed by atoms with van der Waals surface area (Å²) in [6, 6.07) is 0. The SMILES string of the molecule is CSc1ncc2c(n1)CCN(Cc1cncnc1)C2. The molecule has 5 nitrogen and oxygen atoms in total. The van der Waals surface area contributed by atoms with Crippen molar-refractivity contribution in [2.45, 2.75) is 24.7 Å². The maximum Gasteiger partial charge on any atom is 0.187 e. The molecule has 2 aromatic rings. The summed E-state index contributed by atoms with van der Waals surface area (Å²) in [6.45, 7) is 2.80. The normalized spacial score (nSPS) is 15.2. The summed E-state index contributed by atoms with van der Waals surface area (Å²) in [5.74, 6) is 0. The molecule has 98 valence electrons. The van der Waals surface area contributed by atoms with Crippen LogP contribution in [0.2, 0.25) is 0 Å². The first kappa shape index (κ1) is 12.5. The summed E-state index contributed by atoms with van der Waals surface area (Å²) in [7, 11) is 0. The van der Waals surface area contributed by atoms with Gasteiger partial charge in [0, 0.05) is 55.8 Å². The molecule has 0 aromatic carbocycles. The van der Waals surface area contributed by atoms with Crippen LogP contribution in [0.1, 0.15) is 16.8 Å². The summed E-state index contributed by atoms with van der Waals surface area (Å²) in [5, 5.41) is 0.864. The summed E-state index contributed by atoms with van der Waals surface area (Å²) in [4.78, 5) is 19.4. The van der Waals surface area contributed by atoms with Gasteiger partial charge in [0.05, 0.1) is 5.69 Å². The van der Waals surface area contributed by atoms with E-state index in [9.17, 15) is 0 Å². The number of nitrogens with zero attached hydrogens (tertiary/aromatic N) is 5. The van der Waals surface area contributed by atoms with Crippen LogP contribution in [-0.4, -0.2) is 37.6 Å². The minimum Gasteiger partial charge on any atom is -0.294 e. The molecule has 0 fully saturated rings. The summed E-state index contributed by atoms with van der Waals surface area (Å²) >= 11 is 1.59. The third-order valence-electron chi connectivity index (χ3n) is 3.19. The van der Waals surface area contributed by atoms with Gasteiger partial charge in [-0.2, -0.15) is 0 Å². The fraction of sp³-hybridized carbons (Fsp3) is 0.385. The van der Waals surface area contributed by atoms with E-state index in [1.54, 1.807) is 18.1 Å². The topological polar surface area (TPSA) is 54.8 Å². The van der Waals surface area contributed by atoms with Gasteiger partial charge in [-0.25, -0.2) is 19.9 Å². The molecule has 1 aliphatic heterocycles. The van der Waals surface area contributed by atoms with E-state index in [0.717, 1.165) is 36.8 Å².